The van der Waals surface area contributed by atoms with Crippen molar-refractivity contribution in [3.63, 3.8) is 0 Å². The van der Waals surface area contributed by atoms with E-state index in [4.69, 9.17) is 4.55 Å². The molecule has 0 aliphatic rings. The number of amides is 1. The van der Waals surface area contributed by atoms with E-state index in [-0.39, 0.29) is 18.3 Å². The number of carbonyl (C=O) groups excluding carboxylic acids is 2. The van der Waals surface area contributed by atoms with Crippen molar-refractivity contribution < 1.29 is 27.3 Å². The van der Waals surface area contributed by atoms with Crippen LogP contribution in [0.5, 0.6) is 0 Å². The molecule has 2 aromatic heterocycles. The predicted molar refractivity (Wildman–Crippen MR) is 141 cm³/mol. The number of nitrogens with one attached hydrogen (secondary N) is 4. The van der Waals surface area contributed by atoms with Crippen LogP contribution in [0.1, 0.15) is 32.7 Å². The number of fused-ring (bicyclic) bond motifs is 1. The SMILES string of the molecule is COC(=O)CNC(=O)c1c(NC(Cc2ccc(NS(=O)(=O)O)cc2)c2csc(C)n2)[nH]c2ccccc12. The number of nitrogens with zero attached hydrogens (tertiary/aromatic N) is 1. The Morgan fingerprint density at radius 3 is 2.54 bits per heavy atom. The number of hydrogen-bond acceptors (Lipinski definition) is 8. The Hall–Kier alpha value is -3.94. The normalized spacial score (nSPS) is 12.2. The lowest BCUT2D eigenvalue weighted by Crippen LogP contribution is -2.30. The quantitative estimate of drug-likeness (QED) is 0.150. The molecule has 194 valence electrons. The van der Waals surface area contributed by atoms with Gasteiger partial charge in [-0.05, 0) is 37.1 Å². The molecule has 5 N–H and O–H groups in total. The van der Waals surface area contributed by atoms with Gasteiger partial charge in [0.15, 0.2) is 0 Å². The number of rotatable bonds is 10. The van der Waals surface area contributed by atoms with Gasteiger partial charge in [-0.15, -0.1) is 11.3 Å². The van der Waals surface area contributed by atoms with Crippen molar-refractivity contribution in [2.24, 2.45) is 0 Å². The number of benzene rings is 2. The van der Waals surface area contributed by atoms with Crippen molar-refractivity contribution in [1.82, 2.24) is 15.3 Å². The monoisotopic (exact) mass is 543 g/mol. The average Bonchev–Trinajstić information content (AvgIpc) is 3.45. The van der Waals surface area contributed by atoms with Gasteiger partial charge < -0.3 is 20.4 Å². The number of thiazole rings is 1. The van der Waals surface area contributed by atoms with Gasteiger partial charge in [-0.1, -0.05) is 30.3 Å². The summed E-state index contributed by atoms with van der Waals surface area (Å²) in [6.45, 7) is 1.63. The summed E-state index contributed by atoms with van der Waals surface area (Å²) < 4.78 is 37.8. The highest BCUT2D eigenvalue weighted by atomic mass is 32.2. The van der Waals surface area contributed by atoms with Gasteiger partial charge in [0.1, 0.15) is 12.4 Å². The fourth-order valence-corrected chi connectivity index (χ4v) is 4.94. The number of anilines is 2. The van der Waals surface area contributed by atoms with Crippen LogP contribution in [0.3, 0.4) is 0 Å². The van der Waals surface area contributed by atoms with E-state index in [0.29, 0.717) is 23.2 Å². The summed E-state index contributed by atoms with van der Waals surface area (Å²) >= 11 is 1.50. The average molecular weight is 544 g/mol. The van der Waals surface area contributed by atoms with Gasteiger partial charge >= 0.3 is 16.3 Å². The third kappa shape index (κ3) is 6.64. The highest BCUT2D eigenvalue weighted by Crippen LogP contribution is 2.31. The molecule has 0 spiro atoms. The predicted octanol–water partition coefficient (Wildman–Crippen LogP) is 3.45. The third-order valence-electron chi connectivity index (χ3n) is 5.51. The Bertz CT molecular complexity index is 1530. The Morgan fingerprint density at radius 2 is 1.89 bits per heavy atom. The lowest BCUT2D eigenvalue weighted by atomic mass is 10.0. The smallest absolute Gasteiger partial charge is 0.357 e. The second-order valence-corrected chi connectivity index (χ2v) is 10.4. The Labute approximate surface area is 217 Å². The van der Waals surface area contributed by atoms with E-state index < -0.39 is 22.2 Å². The van der Waals surface area contributed by atoms with E-state index >= 15 is 0 Å². The minimum absolute atomic E-state index is 0.223. The van der Waals surface area contributed by atoms with E-state index in [1.807, 2.05) is 41.3 Å². The van der Waals surface area contributed by atoms with Gasteiger partial charge in [-0.2, -0.15) is 8.42 Å². The molecule has 2 heterocycles. The van der Waals surface area contributed by atoms with E-state index in [9.17, 15) is 18.0 Å². The first-order valence-electron chi connectivity index (χ1n) is 11.1. The molecular formula is C24H25N5O6S2. The van der Waals surface area contributed by atoms with Crippen LogP contribution in [0.4, 0.5) is 11.5 Å². The summed E-state index contributed by atoms with van der Waals surface area (Å²) in [4.78, 5) is 32.6. The summed E-state index contributed by atoms with van der Waals surface area (Å²) in [5.41, 5.74) is 2.94. The zero-order valence-corrected chi connectivity index (χ0v) is 21.6. The van der Waals surface area contributed by atoms with Crippen molar-refractivity contribution in [2.75, 3.05) is 23.7 Å². The van der Waals surface area contributed by atoms with Crippen molar-refractivity contribution in [3.05, 3.63) is 75.7 Å². The highest BCUT2D eigenvalue weighted by molar-refractivity contribution is 7.87. The number of methoxy groups -OCH3 is 1. The van der Waals surface area contributed by atoms with Crippen LogP contribution in [0.25, 0.3) is 10.9 Å². The van der Waals surface area contributed by atoms with Crippen LogP contribution in [-0.4, -0.2) is 48.5 Å². The maximum absolute atomic E-state index is 13.1. The third-order valence-corrected chi connectivity index (χ3v) is 6.79. The lowest BCUT2D eigenvalue weighted by molar-refractivity contribution is -0.139. The Balaban J connectivity index is 1.66. The molecule has 37 heavy (non-hydrogen) atoms. The van der Waals surface area contributed by atoms with Crippen LogP contribution < -0.4 is 15.4 Å². The van der Waals surface area contributed by atoms with Gasteiger partial charge in [0.25, 0.3) is 5.91 Å². The number of carbonyl (C=O) groups is 2. The van der Waals surface area contributed by atoms with Gasteiger partial charge in [-0.25, -0.2) is 4.98 Å². The first-order chi connectivity index (χ1) is 17.6. The fraction of sp³-hybridized carbons (Fsp3) is 0.208. The summed E-state index contributed by atoms with van der Waals surface area (Å²) in [5, 5.41) is 9.50. The standard InChI is InChI=1S/C24H25N5O6S2/c1-14-26-20(13-36-14)19(11-15-7-9-16(10-8-15)29-37(32,33)34)28-23-22(24(31)25-12-21(30)35-2)17-5-3-4-6-18(17)27-23/h3-10,13,19,27-29H,11-12H2,1-2H3,(H,25,31)(H,32,33,34). The van der Waals surface area contributed by atoms with Gasteiger partial charge in [0.2, 0.25) is 0 Å². The van der Waals surface area contributed by atoms with E-state index in [0.717, 1.165) is 21.8 Å². The molecule has 0 saturated heterocycles. The van der Waals surface area contributed by atoms with E-state index in [2.05, 4.69) is 25.3 Å². The molecule has 1 amide bonds. The molecule has 13 heteroatoms. The zero-order chi connectivity index (χ0) is 26.6. The minimum Gasteiger partial charge on any atom is -0.468 e. The molecule has 4 rings (SSSR count). The van der Waals surface area contributed by atoms with Crippen LogP contribution in [-0.2, 0) is 26.3 Å². The fourth-order valence-electron chi connectivity index (χ4n) is 3.84. The van der Waals surface area contributed by atoms with Crippen molar-refractivity contribution >= 4 is 55.9 Å². The topological polar surface area (TPSA) is 163 Å². The molecule has 0 fully saturated rings. The first-order valence-corrected chi connectivity index (χ1v) is 13.4. The maximum Gasteiger partial charge on any atom is 0.357 e. The number of aryl methyl sites for hydroxylation is 1. The Morgan fingerprint density at radius 1 is 1.16 bits per heavy atom. The van der Waals surface area contributed by atoms with Crippen LogP contribution >= 0.6 is 11.3 Å². The molecule has 1 atom stereocenters. The van der Waals surface area contributed by atoms with Crippen LogP contribution in [0.15, 0.2) is 53.9 Å². The Kier molecular flexibility index (Phi) is 7.76. The summed E-state index contributed by atoms with van der Waals surface area (Å²) in [6.07, 6.45) is 0.452. The van der Waals surface area contributed by atoms with Gasteiger partial charge in [0, 0.05) is 16.3 Å². The number of hydrogen-bond donors (Lipinski definition) is 5. The molecule has 0 radical (unpaired) electrons. The number of esters is 1. The van der Waals surface area contributed by atoms with E-state index in [1.54, 1.807) is 24.3 Å². The second kappa shape index (κ2) is 11.0. The largest absolute Gasteiger partial charge is 0.468 e. The maximum atomic E-state index is 13.1. The molecular weight excluding hydrogens is 518 g/mol. The number of ether oxygens (including phenoxy) is 1. The van der Waals surface area contributed by atoms with Crippen LogP contribution in [0, 0.1) is 6.92 Å². The van der Waals surface area contributed by atoms with Crippen molar-refractivity contribution in [2.45, 2.75) is 19.4 Å². The first kappa shape index (κ1) is 26.1. The molecule has 0 bridgehead atoms. The number of para-hydroxylation sites is 1. The molecule has 0 aliphatic heterocycles. The number of aromatic nitrogens is 2. The van der Waals surface area contributed by atoms with Crippen molar-refractivity contribution in [3.8, 4) is 0 Å². The molecule has 1 unspecified atom stereocenters. The number of aromatic amines is 1. The molecule has 4 aromatic rings. The molecule has 0 aliphatic carbocycles. The molecule has 2 aromatic carbocycles. The van der Waals surface area contributed by atoms with E-state index in [1.165, 1.54) is 18.4 Å². The van der Waals surface area contributed by atoms with Gasteiger partial charge in [0.05, 0.1) is 35.1 Å². The van der Waals surface area contributed by atoms with Crippen LogP contribution in [0.2, 0.25) is 0 Å². The lowest BCUT2D eigenvalue weighted by Gasteiger charge is -2.19. The zero-order valence-electron chi connectivity index (χ0n) is 19.9. The summed E-state index contributed by atoms with van der Waals surface area (Å²) in [6, 6.07) is 13.5. The summed E-state index contributed by atoms with van der Waals surface area (Å²) in [5.74, 6) is -0.548. The second-order valence-electron chi connectivity index (χ2n) is 8.15. The molecule has 0 saturated carbocycles. The highest BCUT2D eigenvalue weighted by Gasteiger charge is 2.23. The summed E-state index contributed by atoms with van der Waals surface area (Å²) in [7, 11) is -3.12. The van der Waals surface area contributed by atoms with Crippen molar-refractivity contribution in [1.29, 1.82) is 0 Å². The van der Waals surface area contributed by atoms with Gasteiger partial charge in [-0.3, -0.25) is 18.9 Å². The minimum atomic E-state index is -4.37. The number of H-pyrrole nitrogens is 1. The molecule has 11 nitrogen and oxygen atoms in total.